The Labute approximate surface area is 110 Å². The molecule has 1 aromatic heterocycles. The van der Waals surface area contributed by atoms with E-state index in [0.717, 1.165) is 17.7 Å². The van der Waals surface area contributed by atoms with Crippen LogP contribution in [0.15, 0.2) is 41.2 Å². The quantitative estimate of drug-likeness (QED) is 0.901. The maximum absolute atomic E-state index is 11.4. The summed E-state index contributed by atoms with van der Waals surface area (Å²) in [5.41, 5.74) is 3.75. The first-order chi connectivity index (χ1) is 8.84. The Hall–Kier alpha value is -1.88. The first-order valence-corrected chi connectivity index (χ1v) is 6.60. The highest BCUT2D eigenvalue weighted by molar-refractivity contribution is 7.07. The van der Waals surface area contributed by atoms with Gasteiger partial charge in [-0.3, -0.25) is 0 Å². The SMILES string of the molecule is O=C(NCCc1cscn1)OCc1ccccc1. The summed E-state index contributed by atoms with van der Waals surface area (Å²) in [4.78, 5) is 15.5. The lowest BCUT2D eigenvalue weighted by atomic mass is 10.2. The Bertz CT molecular complexity index is 471. The molecular weight excluding hydrogens is 248 g/mol. The zero-order valence-electron chi connectivity index (χ0n) is 9.83. The maximum atomic E-state index is 11.4. The van der Waals surface area contributed by atoms with Crippen LogP contribution in [0.3, 0.4) is 0 Å². The van der Waals surface area contributed by atoms with E-state index in [1.165, 1.54) is 0 Å². The third-order valence-electron chi connectivity index (χ3n) is 2.35. The van der Waals surface area contributed by atoms with Gasteiger partial charge in [-0.1, -0.05) is 30.3 Å². The standard InChI is InChI=1S/C13H14N2O2S/c16-13(14-7-6-12-9-18-10-15-12)17-8-11-4-2-1-3-5-11/h1-5,9-10H,6-8H2,(H,14,16). The van der Waals surface area contributed by atoms with Crippen LogP contribution in [0.5, 0.6) is 0 Å². The van der Waals surface area contributed by atoms with Gasteiger partial charge in [0.15, 0.2) is 0 Å². The summed E-state index contributed by atoms with van der Waals surface area (Å²) < 4.78 is 5.08. The highest BCUT2D eigenvalue weighted by atomic mass is 32.1. The van der Waals surface area contributed by atoms with Gasteiger partial charge in [-0.25, -0.2) is 9.78 Å². The molecule has 1 N–H and O–H groups in total. The highest BCUT2D eigenvalue weighted by Gasteiger charge is 2.02. The summed E-state index contributed by atoms with van der Waals surface area (Å²) >= 11 is 1.55. The molecule has 2 rings (SSSR count). The van der Waals surface area contributed by atoms with Gasteiger partial charge in [0.2, 0.25) is 0 Å². The van der Waals surface area contributed by atoms with Gasteiger partial charge in [-0.2, -0.15) is 0 Å². The molecule has 0 spiro atoms. The van der Waals surface area contributed by atoms with Crippen molar-refractivity contribution in [1.29, 1.82) is 0 Å². The summed E-state index contributed by atoms with van der Waals surface area (Å²) in [6, 6.07) is 9.60. The Morgan fingerprint density at radius 1 is 1.33 bits per heavy atom. The zero-order valence-corrected chi connectivity index (χ0v) is 10.7. The zero-order chi connectivity index (χ0) is 12.6. The van der Waals surface area contributed by atoms with Crippen molar-refractivity contribution in [3.63, 3.8) is 0 Å². The van der Waals surface area contributed by atoms with E-state index in [0.29, 0.717) is 13.2 Å². The van der Waals surface area contributed by atoms with E-state index in [4.69, 9.17) is 4.74 Å². The smallest absolute Gasteiger partial charge is 0.407 e. The van der Waals surface area contributed by atoms with Crippen LogP contribution in [0.25, 0.3) is 0 Å². The second-order valence-corrected chi connectivity index (χ2v) is 4.44. The molecule has 0 bridgehead atoms. The van der Waals surface area contributed by atoms with Crippen molar-refractivity contribution < 1.29 is 9.53 Å². The molecule has 94 valence electrons. The predicted molar refractivity (Wildman–Crippen MR) is 70.4 cm³/mol. The van der Waals surface area contributed by atoms with E-state index in [1.54, 1.807) is 16.8 Å². The van der Waals surface area contributed by atoms with Crippen molar-refractivity contribution in [3.8, 4) is 0 Å². The summed E-state index contributed by atoms with van der Waals surface area (Å²) in [5, 5.41) is 4.66. The number of nitrogens with zero attached hydrogens (tertiary/aromatic N) is 1. The van der Waals surface area contributed by atoms with Crippen molar-refractivity contribution in [2.75, 3.05) is 6.54 Å². The molecule has 1 aromatic carbocycles. The monoisotopic (exact) mass is 262 g/mol. The topological polar surface area (TPSA) is 51.2 Å². The fourth-order valence-corrected chi connectivity index (χ4v) is 2.02. The number of aromatic nitrogens is 1. The third kappa shape index (κ3) is 4.18. The number of carbonyl (C=O) groups is 1. The Morgan fingerprint density at radius 3 is 2.89 bits per heavy atom. The minimum absolute atomic E-state index is 0.295. The van der Waals surface area contributed by atoms with Crippen LogP contribution in [0.4, 0.5) is 4.79 Å². The number of hydrogen-bond acceptors (Lipinski definition) is 4. The first kappa shape index (κ1) is 12.6. The molecular formula is C13H14N2O2S. The van der Waals surface area contributed by atoms with E-state index in [-0.39, 0.29) is 0 Å². The minimum Gasteiger partial charge on any atom is -0.445 e. The molecule has 1 amide bonds. The molecule has 0 fully saturated rings. The molecule has 0 atom stereocenters. The molecule has 0 saturated carbocycles. The highest BCUT2D eigenvalue weighted by Crippen LogP contribution is 2.02. The molecule has 1 heterocycles. The number of hydrogen-bond donors (Lipinski definition) is 1. The fourth-order valence-electron chi connectivity index (χ4n) is 1.43. The maximum Gasteiger partial charge on any atom is 0.407 e. The van der Waals surface area contributed by atoms with Crippen molar-refractivity contribution >= 4 is 17.4 Å². The summed E-state index contributed by atoms with van der Waals surface area (Å²) in [7, 11) is 0. The lowest BCUT2D eigenvalue weighted by molar-refractivity contribution is 0.140. The van der Waals surface area contributed by atoms with Crippen molar-refractivity contribution in [1.82, 2.24) is 10.3 Å². The largest absolute Gasteiger partial charge is 0.445 e. The van der Waals surface area contributed by atoms with Gasteiger partial charge in [0.05, 0.1) is 11.2 Å². The second-order valence-electron chi connectivity index (χ2n) is 3.72. The number of benzene rings is 1. The molecule has 0 aliphatic rings. The van der Waals surface area contributed by atoms with E-state index in [1.807, 2.05) is 35.7 Å². The van der Waals surface area contributed by atoms with Gasteiger partial charge in [-0.15, -0.1) is 11.3 Å². The molecule has 0 aliphatic carbocycles. The van der Waals surface area contributed by atoms with E-state index >= 15 is 0 Å². The molecule has 0 radical (unpaired) electrons. The Kier molecular flexibility index (Phi) is 4.72. The van der Waals surface area contributed by atoms with E-state index in [2.05, 4.69) is 10.3 Å². The number of amides is 1. The van der Waals surface area contributed by atoms with Crippen molar-refractivity contribution in [2.24, 2.45) is 0 Å². The molecule has 2 aromatic rings. The lowest BCUT2D eigenvalue weighted by Crippen LogP contribution is -2.26. The number of nitrogens with one attached hydrogen (secondary N) is 1. The van der Waals surface area contributed by atoms with Crippen LogP contribution >= 0.6 is 11.3 Å². The van der Waals surface area contributed by atoms with Gasteiger partial charge < -0.3 is 10.1 Å². The number of carbonyl (C=O) groups excluding carboxylic acids is 1. The molecule has 5 heteroatoms. The normalized spacial score (nSPS) is 10.0. The number of ether oxygens (including phenoxy) is 1. The van der Waals surface area contributed by atoms with Gasteiger partial charge in [0.1, 0.15) is 6.61 Å². The summed E-state index contributed by atoms with van der Waals surface area (Å²) in [6.07, 6.45) is 0.332. The number of alkyl carbamates (subject to hydrolysis) is 1. The van der Waals surface area contributed by atoms with Gasteiger partial charge >= 0.3 is 6.09 Å². The van der Waals surface area contributed by atoms with E-state index in [9.17, 15) is 4.79 Å². The molecule has 0 saturated heterocycles. The summed E-state index contributed by atoms with van der Waals surface area (Å²) in [5.74, 6) is 0. The van der Waals surface area contributed by atoms with Crippen LogP contribution in [0.1, 0.15) is 11.3 Å². The van der Waals surface area contributed by atoms with Crippen LogP contribution < -0.4 is 5.32 Å². The Balaban J connectivity index is 1.63. The molecule has 0 unspecified atom stereocenters. The predicted octanol–water partition coefficient (Wildman–Crippen LogP) is 2.61. The van der Waals surface area contributed by atoms with Crippen molar-refractivity contribution in [2.45, 2.75) is 13.0 Å². The van der Waals surface area contributed by atoms with Gasteiger partial charge in [0.25, 0.3) is 0 Å². The number of thiazole rings is 1. The third-order valence-corrected chi connectivity index (χ3v) is 2.98. The molecule has 0 aliphatic heterocycles. The van der Waals surface area contributed by atoms with Crippen LogP contribution in [-0.2, 0) is 17.8 Å². The lowest BCUT2D eigenvalue weighted by Gasteiger charge is -2.06. The summed E-state index contributed by atoms with van der Waals surface area (Å²) in [6.45, 7) is 0.834. The number of rotatable bonds is 5. The van der Waals surface area contributed by atoms with Crippen molar-refractivity contribution in [3.05, 3.63) is 52.5 Å². The fraction of sp³-hybridized carbons (Fsp3) is 0.231. The van der Waals surface area contributed by atoms with E-state index < -0.39 is 6.09 Å². The molecule has 4 nitrogen and oxygen atoms in total. The Morgan fingerprint density at radius 2 is 2.17 bits per heavy atom. The average Bonchev–Trinajstić information content (AvgIpc) is 2.91. The first-order valence-electron chi connectivity index (χ1n) is 5.66. The minimum atomic E-state index is -0.394. The molecule has 18 heavy (non-hydrogen) atoms. The second kappa shape index (κ2) is 6.76. The van der Waals surface area contributed by atoms with Gasteiger partial charge in [-0.05, 0) is 5.56 Å². The average molecular weight is 262 g/mol. The van der Waals surface area contributed by atoms with Crippen LogP contribution in [0.2, 0.25) is 0 Å². The van der Waals surface area contributed by atoms with Crippen LogP contribution in [-0.4, -0.2) is 17.6 Å². The van der Waals surface area contributed by atoms with Crippen LogP contribution in [0, 0.1) is 0 Å². The van der Waals surface area contributed by atoms with Gasteiger partial charge in [0, 0.05) is 18.3 Å².